The van der Waals surface area contributed by atoms with Crippen molar-refractivity contribution in [3.63, 3.8) is 0 Å². The zero-order valence-corrected chi connectivity index (χ0v) is 15.0. The van der Waals surface area contributed by atoms with Crippen LogP contribution in [0.3, 0.4) is 0 Å². The SMILES string of the molecule is COC(=O)c1ccc(NC(=O)C[NH+](C)Cc2ccc(OC(F)F)cc2)cc1. The highest BCUT2D eigenvalue weighted by Gasteiger charge is 2.12. The Bertz CT molecular complexity index is 764. The fourth-order valence-electron chi connectivity index (χ4n) is 2.49. The average Bonchev–Trinajstić information content (AvgIpc) is 2.62. The number of hydrogen-bond donors (Lipinski definition) is 2. The standard InChI is InChI=1S/C19H20F2N2O4/c1-23(11-13-3-9-16(10-4-13)27-19(20)21)12-17(24)22-15-7-5-14(6-8-15)18(25)26-2/h3-10,19H,11-12H2,1-2H3,(H,22,24)/p+1. The van der Waals surface area contributed by atoms with Crippen LogP contribution in [0.25, 0.3) is 0 Å². The third-order valence-corrected chi connectivity index (χ3v) is 3.71. The lowest BCUT2D eigenvalue weighted by atomic mass is 10.2. The summed E-state index contributed by atoms with van der Waals surface area (Å²) in [7, 11) is 3.15. The van der Waals surface area contributed by atoms with Crippen LogP contribution in [0.15, 0.2) is 48.5 Å². The van der Waals surface area contributed by atoms with Crippen molar-refractivity contribution in [1.29, 1.82) is 0 Å². The van der Waals surface area contributed by atoms with E-state index < -0.39 is 12.6 Å². The number of likely N-dealkylation sites (N-methyl/N-ethyl adjacent to an activating group) is 1. The molecule has 1 amide bonds. The van der Waals surface area contributed by atoms with Crippen LogP contribution >= 0.6 is 0 Å². The number of alkyl halides is 2. The third kappa shape index (κ3) is 6.67. The fourth-order valence-corrected chi connectivity index (χ4v) is 2.49. The molecule has 0 saturated heterocycles. The average molecular weight is 379 g/mol. The van der Waals surface area contributed by atoms with E-state index in [1.54, 1.807) is 36.4 Å². The summed E-state index contributed by atoms with van der Waals surface area (Å²) in [6.07, 6.45) is 0. The van der Waals surface area contributed by atoms with Gasteiger partial charge in [-0.1, -0.05) is 0 Å². The third-order valence-electron chi connectivity index (χ3n) is 3.71. The van der Waals surface area contributed by atoms with Crippen LogP contribution in [-0.2, 0) is 16.1 Å². The van der Waals surface area contributed by atoms with Crippen LogP contribution in [0.2, 0.25) is 0 Å². The number of esters is 1. The van der Waals surface area contributed by atoms with Gasteiger partial charge in [-0.2, -0.15) is 8.78 Å². The van der Waals surface area contributed by atoms with Crippen LogP contribution in [0, 0.1) is 0 Å². The minimum Gasteiger partial charge on any atom is -0.465 e. The van der Waals surface area contributed by atoms with Gasteiger partial charge in [0.15, 0.2) is 6.54 Å². The van der Waals surface area contributed by atoms with Crippen molar-refractivity contribution in [2.75, 3.05) is 26.0 Å². The van der Waals surface area contributed by atoms with Crippen LogP contribution in [0.4, 0.5) is 14.5 Å². The van der Waals surface area contributed by atoms with Crippen molar-refractivity contribution >= 4 is 17.6 Å². The molecule has 6 nitrogen and oxygen atoms in total. The second kappa shape index (κ2) is 9.63. The van der Waals surface area contributed by atoms with Gasteiger partial charge >= 0.3 is 12.6 Å². The number of benzene rings is 2. The summed E-state index contributed by atoms with van der Waals surface area (Å²) in [6, 6.07) is 12.7. The molecule has 0 aliphatic carbocycles. The van der Waals surface area contributed by atoms with E-state index >= 15 is 0 Å². The number of methoxy groups -OCH3 is 1. The first kappa shape index (κ1) is 20.3. The molecule has 1 atom stereocenters. The molecule has 1 unspecified atom stereocenters. The highest BCUT2D eigenvalue weighted by molar-refractivity contribution is 5.93. The van der Waals surface area contributed by atoms with E-state index in [2.05, 4.69) is 14.8 Å². The largest absolute Gasteiger partial charge is 0.465 e. The molecule has 2 N–H and O–H groups in total. The zero-order valence-electron chi connectivity index (χ0n) is 15.0. The van der Waals surface area contributed by atoms with Gasteiger partial charge in [0.1, 0.15) is 12.3 Å². The number of nitrogens with one attached hydrogen (secondary N) is 2. The maximum Gasteiger partial charge on any atom is 0.387 e. The lowest BCUT2D eigenvalue weighted by molar-refractivity contribution is -0.885. The molecule has 0 spiro atoms. The van der Waals surface area contributed by atoms with E-state index in [1.807, 2.05) is 7.05 Å². The normalized spacial score (nSPS) is 11.7. The molecule has 0 radical (unpaired) electrons. The van der Waals surface area contributed by atoms with Gasteiger partial charge in [0, 0.05) is 11.3 Å². The maximum atomic E-state index is 12.1. The molecular weight excluding hydrogens is 358 g/mol. The number of rotatable bonds is 8. The predicted octanol–water partition coefficient (Wildman–Crippen LogP) is 1.73. The molecule has 2 aromatic rings. The van der Waals surface area contributed by atoms with Crippen LogP contribution in [0.1, 0.15) is 15.9 Å². The van der Waals surface area contributed by atoms with Crippen molar-refractivity contribution in [2.45, 2.75) is 13.2 Å². The molecule has 0 bridgehead atoms. The lowest BCUT2D eigenvalue weighted by Gasteiger charge is -2.14. The first-order valence-electron chi connectivity index (χ1n) is 8.20. The smallest absolute Gasteiger partial charge is 0.387 e. The molecule has 0 aliphatic rings. The number of amides is 1. The number of quaternary nitrogens is 1. The monoisotopic (exact) mass is 379 g/mol. The van der Waals surface area contributed by atoms with Crippen molar-refractivity contribution in [3.05, 3.63) is 59.7 Å². The first-order valence-corrected chi connectivity index (χ1v) is 8.20. The van der Waals surface area contributed by atoms with E-state index in [-0.39, 0.29) is 18.2 Å². The summed E-state index contributed by atoms with van der Waals surface area (Å²) < 4.78 is 33.2. The lowest BCUT2D eigenvalue weighted by Crippen LogP contribution is -3.08. The Labute approximate surface area is 155 Å². The Morgan fingerprint density at radius 3 is 2.26 bits per heavy atom. The minimum atomic E-state index is -2.85. The summed E-state index contributed by atoms with van der Waals surface area (Å²) >= 11 is 0. The highest BCUT2D eigenvalue weighted by atomic mass is 19.3. The number of carbonyl (C=O) groups is 2. The summed E-state index contributed by atoms with van der Waals surface area (Å²) in [5, 5.41) is 2.76. The molecular formula is C19H21F2N2O4+. The summed E-state index contributed by atoms with van der Waals surface area (Å²) in [5.41, 5.74) is 1.87. The van der Waals surface area contributed by atoms with Crippen LogP contribution < -0.4 is 15.0 Å². The second-order valence-electron chi connectivity index (χ2n) is 5.95. The quantitative estimate of drug-likeness (QED) is 0.686. The van der Waals surface area contributed by atoms with E-state index in [4.69, 9.17) is 0 Å². The molecule has 0 aliphatic heterocycles. The fraction of sp³-hybridized carbons (Fsp3) is 0.263. The second-order valence-corrected chi connectivity index (χ2v) is 5.95. The maximum absolute atomic E-state index is 12.1. The van der Waals surface area contributed by atoms with Gasteiger partial charge in [0.2, 0.25) is 0 Å². The Morgan fingerprint density at radius 2 is 1.70 bits per heavy atom. The van der Waals surface area contributed by atoms with E-state index in [0.717, 1.165) is 10.5 Å². The molecule has 0 aromatic heterocycles. The summed E-state index contributed by atoms with van der Waals surface area (Å²) in [5.74, 6) is -0.530. The number of carbonyl (C=O) groups excluding carboxylic acids is 2. The number of halogens is 2. The number of hydrogen-bond acceptors (Lipinski definition) is 4. The Kier molecular flexibility index (Phi) is 7.25. The topological polar surface area (TPSA) is 69.1 Å². The van der Waals surface area contributed by atoms with Gasteiger partial charge in [-0.25, -0.2) is 4.79 Å². The highest BCUT2D eigenvalue weighted by Crippen LogP contribution is 2.14. The predicted molar refractivity (Wildman–Crippen MR) is 94.9 cm³/mol. The first-order chi connectivity index (χ1) is 12.9. The zero-order chi connectivity index (χ0) is 19.8. The van der Waals surface area contributed by atoms with Crippen LogP contribution in [0.5, 0.6) is 5.75 Å². The van der Waals surface area contributed by atoms with Gasteiger partial charge < -0.3 is 19.7 Å². The molecule has 0 heterocycles. The van der Waals surface area contributed by atoms with Gasteiger partial charge in [0.25, 0.3) is 5.91 Å². The van der Waals surface area contributed by atoms with E-state index in [0.29, 0.717) is 17.8 Å². The van der Waals surface area contributed by atoms with Gasteiger partial charge in [-0.3, -0.25) is 4.79 Å². The van der Waals surface area contributed by atoms with E-state index in [1.165, 1.54) is 19.2 Å². The minimum absolute atomic E-state index is 0.0968. The summed E-state index contributed by atoms with van der Waals surface area (Å²) in [4.78, 5) is 24.4. The molecule has 144 valence electrons. The number of anilines is 1. The van der Waals surface area contributed by atoms with Gasteiger partial charge in [-0.05, 0) is 48.5 Å². The molecule has 27 heavy (non-hydrogen) atoms. The van der Waals surface area contributed by atoms with E-state index in [9.17, 15) is 18.4 Å². The molecule has 0 saturated carbocycles. The number of ether oxygens (including phenoxy) is 2. The van der Waals surface area contributed by atoms with Crippen molar-refractivity contribution in [2.24, 2.45) is 0 Å². The molecule has 2 rings (SSSR count). The van der Waals surface area contributed by atoms with Crippen LogP contribution in [-0.4, -0.2) is 39.2 Å². The Morgan fingerprint density at radius 1 is 1.07 bits per heavy atom. The van der Waals surface area contributed by atoms with Crippen molar-refractivity contribution in [3.8, 4) is 5.75 Å². The summed E-state index contributed by atoms with van der Waals surface area (Å²) in [6.45, 7) is -2.09. The van der Waals surface area contributed by atoms with Crippen molar-refractivity contribution in [1.82, 2.24) is 0 Å². The van der Waals surface area contributed by atoms with Crippen molar-refractivity contribution < 1.29 is 32.7 Å². The van der Waals surface area contributed by atoms with Gasteiger partial charge in [0.05, 0.1) is 19.7 Å². The molecule has 2 aromatic carbocycles. The van der Waals surface area contributed by atoms with Gasteiger partial charge in [-0.15, -0.1) is 0 Å². The Balaban J connectivity index is 1.83. The Hall–Kier alpha value is -3.00. The molecule has 8 heteroatoms. The molecule has 0 fully saturated rings.